The van der Waals surface area contributed by atoms with Gasteiger partial charge in [0.1, 0.15) is 11.3 Å². The van der Waals surface area contributed by atoms with E-state index in [2.05, 4.69) is 4.98 Å². The van der Waals surface area contributed by atoms with Gasteiger partial charge in [-0.25, -0.2) is 0 Å². The van der Waals surface area contributed by atoms with Crippen LogP contribution in [0.15, 0.2) is 18.5 Å². The van der Waals surface area contributed by atoms with Crippen molar-refractivity contribution in [1.29, 1.82) is 5.26 Å². The zero-order valence-electron chi connectivity index (χ0n) is 9.08. The number of anilines is 1. The number of carbonyl (C=O) groups is 1. The van der Waals surface area contributed by atoms with Gasteiger partial charge in [0.05, 0.1) is 17.4 Å². The molecule has 0 radical (unpaired) electrons. The van der Waals surface area contributed by atoms with E-state index in [-0.39, 0.29) is 12.1 Å². The van der Waals surface area contributed by atoms with Gasteiger partial charge in [0.25, 0.3) is 0 Å². The minimum Gasteiger partial charge on any atom is -0.309 e. The van der Waals surface area contributed by atoms with E-state index in [0.717, 1.165) is 4.90 Å². The van der Waals surface area contributed by atoms with Crippen molar-refractivity contribution in [3.8, 4) is 6.07 Å². The average molecular weight is 269 g/mol. The van der Waals surface area contributed by atoms with Gasteiger partial charge < -0.3 is 4.90 Å². The number of hydrogen-bond donors (Lipinski definition) is 0. The summed E-state index contributed by atoms with van der Waals surface area (Å²) in [7, 11) is -4.74. The van der Waals surface area contributed by atoms with E-state index < -0.39 is 27.8 Å². The summed E-state index contributed by atoms with van der Waals surface area (Å²) in [5, 5.41) is 7.35. The maximum Gasteiger partial charge on any atom is 0.307 e. The molecule has 1 aliphatic rings. The predicted octanol–water partition coefficient (Wildman–Crippen LogP) is 0.358. The molecule has 0 spiro atoms. The van der Waals surface area contributed by atoms with E-state index in [9.17, 15) is 17.1 Å². The molecule has 0 saturated carbocycles. The van der Waals surface area contributed by atoms with Crippen molar-refractivity contribution in [1.82, 2.24) is 4.98 Å². The maximum atomic E-state index is 12.8. The zero-order chi connectivity index (χ0) is 13.3. The first kappa shape index (κ1) is 12.4. The van der Waals surface area contributed by atoms with Crippen molar-refractivity contribution < 1.29 is 17.1 Å². The lowest BCUT2D eigenvalue weighted by Gasteiger charge is -2.15. The molecule has 2 rings (SSSR count). The third kappa shape index (κ3) is 2.31. The molecule has 1 amide bonds. The third-order valence-corrected chi connectivity index (χ3v) is 3.76. The van der Waals surface area contributed by atoms with E-state index >= 15 is 0 Å². The van der Waals surface area contributed by atoms with Crippen molar-refractivity contribution in [2.45, 2.75) is 11.7 Å². The first-order valence-electron chi connectivity index (χ1n) is 5.01. The summed E-state index contributed by atoms with van der Waals surface area (Å²) in [4.78, 5) is 16.5. The minimum atomic E-state index is -4.74. The Kier molecular flexibility index (Phi) is 3.00. The number of pyridine rings is 1. The molecule has 1 fully saturated rings. The summed E-state index contributed by atoms with van der Waals surface area (Å²) in [6.45, 7) is -0.256. The smallest absolute Gasteiger partial charge is 0.307 e. The normalized spacial score (nSPS) is 19.9. The summed E-state index contributed by atoms with van der Waals surface area (Å²) >= 11 is 0. The van der Waals surface area contributed by atoms with Gasteiger partial charge in [0, 0.05) is 19.2 Å². The van der Waals surface area contributed by atoms with Gasteiger partial charge in [-0.3, -0.25) is 9.78 Å². The molecule has 6 nitrogen and oxygen atoms in total. The quantitative estimate of drug-likeness (QED) is 0.723. The van der Waals surface area contributed by atoms with Gasteiger partial charge in [-0.15, -0.1) is 3.89 Å². The zero-order valence-corrected chi connectivity index (χ0v) is 9.89. The molecule has 1 aliphatic heterocycles. The summed E-state index contributed by atoms with van der Waals surface area (Å²) in [5.74, 6) is -0.502. The topological polar surface area (TPSA) is 91.1 Å². The third-order valence-electron chi connectivity index (χ3n) is 2.65. The molecule has 1 aromatic heterocycles. The number of amides is 1. The Balaban J connectivity index is 2.30. The highest BCUT2D eigenvalue weighted by atomic mass is 32.3. The minimum absolute atomic E-state index is 0.242. The van der Waals surface area contributed by atoms with E-state index in [1.807, 2.05) is 6.07 Å². The first-order valence-corrected chi connectivity index (χ1v) is 6.45. The van der Waals surface area contributed by atoms with Crippen LogP contribution in [-0.2, 0) is 15.0 Å². The van der Waals surface area contributed by atoms with Crippen LogP contribution in [0.2, 0.25) is 0 Å². The van der Waals surface area contributed by atoms with E-state index in [1.165, 1.54) is 18.5 Å². The fourth-order valence-electron chi connectivity index (χ4n) is 1.75. The number of carbonyl (C=O) groups excluding carboxylic acids is 1. The monoisotopic (exact) mass is 269 g/mol. The van der Waals surface area contributed by atoms with E-state index in [1.54, 1.807) is 0 Å². The molecule has 0 aromatic carbocycles. The number of nitriles is 1. The van der Waals surface area contributed by atoms with Crippen molar-refractivity contribution in [3.05, 3.63) is 24.0 Å². The van der Waals surface area contributed by atoms with Gasteiger partial charge in [0.15, 0.2) is 0 Å². The van der Waals surface area contributed by atoms with Crippen LogP contribution < -0.4 is 4.90 Å². The molecule has 2 heterocycles. The molecule has 1 unspecified atom stereocenters. The van der Waals surface area contributed by atoms with Gasteiger partial charge in [-0.1, -0.05) is 0 Å². The lowest BCUT2D eigenvalue weighted by atomic mass is 10.3. The Morgan fingerprint density at radius 2 is 2.22 bits per heavy atom. The van der Waals surface area contributed by atoms with E-state index in [4.69, 9.17) is 5.26 Å². The van der Waals surface area contributed by atoms with Crippen molar-refractivity contribution >= 4 is 21.8 Å². The SMILES string of the molecule is N#Cc1cncc(N2CC(S(=O)(=O)F)CC2=O)c1. The molecule has 1 aromatic rings. The summed E-state index contributed by atoms with van der Waals surface area (Å²) in [6.07, 6.45) is 2.25. The maximum absolute atomic E-state index is 12.8. The molecule has 1 atom stereocenters. The summed E-state index contributed by atoms with van der Waals surface area (Å²) in [6, 6.07) is 3.26. The number of nitrogens with zero attached hydrogens (tertiary/aromatic N) is 3. The highest BCUT2D eigenvalue weighted by Crippen LogP contribution is 2.25. The van der Waals surface area contributed by atoms with E-state index in [0.29, 0.717) is 5.69 Å². The Morgan fingerprint density at radius 3 is 2.78 bits per heavy atom. The van der Waals surface area contributed by atoms with Gasteiger partial charge in [-0.05, 0) is 6.07 Å². The van der Waals surface area contributed by atoms with Crippen LogP contribution in [0.25, 0.3) is 0 Å². The van der Waals surface area contributed by atoms with Crippen LogP contribution >= 0.6 is 0 Å². The second kappa shape index (κ2) is 4.34. The highest BCUT2D eigenvalue weighted by Gasteiger charge is 2.39. The second-order valence-electron chi connectivity index (χ2n) is 3.85. The molecular weight excluding hydrogens is 261 g/mol. The van der Waals surface area contributed by atoms with Gasteiger partial charge in [-0.2, -0.15) is 13.7 Å². The van der Waals surface area contributed by atoms with Gasteiger partial charge in [0.2, 0.25) is 5.91 Å². The Hall–Kier alpha value is -2.01. The van der Waals surface area contributed by atoms with Crippen LogP contribution in [0.1, 0.15) is 12.0 Å². The summed E-state index contributed by atoms with van der Waals surface area (Å²) < 4.78 is 34.4. The standard InChI is InChI=1S/C10H8FN3O3S/c11-18(16,17)9-2-10(15)14(6-9)8-1-7(3-12)4-13-5-8/h1,4-5,9H,2,6H2. The van der Waals surface area contributed by atoms with Crippen LogP contribution in [0.4, 0.5) is 9.57 Å². The fourth-order valence-corrected chi connectivity index (χ4v) is 2.42. The Labute approximate surface area is 103 Å². The fraction of sp³-hybridized carbons (Fsp3) is 0.300. The molecule has 8 heteroatoms. The number of hydrogen-bond acceptors (Lipinski definition) is 5. The molecule has 0 N–H and O–H groups in total. The molecule has 0 aliphatic carbocycles. The molecule has 18 heavy (non-hydrogen) atoms. The Bertz CT molecular complexity index is 638. The number of halogens is 1. The van der Waals surface area contributed by atoms with Crippen molar-refractivity contribution in [2.75, 3.05) is 11.4 Å². The molecule has 1 saturated heterocycles. The molecular formula is C10H8FN3O3S. The van der Waals surface area contributed by atoms with Crippen molar-refractivity contribution in [3.63, 3.8) is 0 Å². The number of aromatic nitrogens is 1. The largest absolute Gasteiger partial charge is 0.309 e. The second-order valence-corrected chi connectivity index (χ2v) is 5.47. The van der Waals surface area contributed by atoms with Crippen LogP contribution in [0.5, 0.6) is 0 Å². The summed E-state index contributed by atoms with van der Waals surface area (Å²) in [5.41, 5.74) is 0.539. The lowest BCUT2D eigenvalue weighted by Crippen LogP contribution is -2.27. The van der Waals surface area contributed by atoms with Crippen LogP contribution in [-0.4, -0.2) is 31.1 Å². The van der Waals surface area contributed by atoms with Crippen LogP contribution in [0.3, 0.4) is 0 Å². The highest BCUT2D eigenvalue weighted by molar-refractivity contribution is 7.87. The lowest BCUT2D eigenvalue weighted by molar-refractivity contribution is -0.117. The first-order chi connectivity index (χ1) is 8.41. The molecule has 94 valence electrons. The van der Waals surface area contributed by atoms with Crippen molar-refractivity contribution in [2.24, 2.45) is 0 Å². The van der Waals surface area contributed by atoms with Gasteiger partial charge >= 0.3 is 10.2 Å². The predicted molar refractivity (Wildman–Crippen MR) is 59.7 cm³/mol. The number of rotatable bonds is 2. The Morgan fingerprint density at radius 1 is 1.50 bits per heavy atom. The molecule has 0 bridgehead atoms. The van der Waals surface area contributed by atoms with Crippen LogP contribution in [0, 0.1) is 11.3 Å². The average Bonchev–Trinajstić information content (AvgIpc) is 2.71.